The lowest BCUT2D eigenvalue weighted by atomic mass is 9.84. The molecule has 0 aliphatic rings. The molecule has 0 radical (unpaired) electrons. The van der Waals surface area contributed by atoms with Crippen molar-refractivity contribution in [2.45, 2.75) is 26.3 Å². The topological polar surface area (TPSA) is 29.1 Å². The number of carbonyl (C=O) groups excluding carboxylic acids is 1. The molecule has 0 atom stereocenters. The molecule has 2 rings (SSSR count). The summed E-state index contributed by atoms with van der Waals surface area (Å²) in [5.41, 5.74) is 1.66. The van der Waals surface area contributed by atoms with Gasteiger partial charge in [0.15, 0.2) is 0 Å². The summed E-state index contributed by atoms with van der Waals surface area (Å²) in [7, 11) is 0. The molecular formula is C18H21NO. The molecule has 2 aromatic rings. The largest absolute Gasteiger partial charge is 0.343 e. The van der Waals surface area contributed by atoms with Crippen LogP contribution in [-0.2, 0) is 10.3 Å². The first-order chi connectivity index (χ1) is 9.54. The van der Waals surface area contributed by atoms with E-state index in [9.17, 15) is 4.79 Å². The predicted octanol–water partition coefficient (Wildman–Crippen LogP) is 3.72. The molecule has 20 heavy (non-hydrogen) atoms. The van der Waals surface area contributed by atoms with Crippen molar-refractivity contribution in [2.24, 2.45) is 5.92 Å². The number of rotatable bonds is 4. The second-order valence-electron chi connectivity index (χ2n) is 5.50. The van der Waals surface area contributed by atoms with Crippen LogP contribution in [-0.4, -0.2) is 5.91 Å². The maximum atomic E-state index is 12.2. The third kappa shape index (κ3) is 2.90. The Balaban J connectivity index is 2.47. The zero-order chi connectivity index (χ0) is 14.6. The Labute approximate surface area is 120 Å². The van der Waals surface area contributed by atoms with Gasteiger partial charge in [-0.1, -0.05) is 74.5 Å². The molecule has 0 unspecified atom stereocenters. The lowest BCUT2D eigenvalue weighted by Gasteiger charge is -2.33. The van der Waals surface area contributed by atoms with E-state index in [1.807, 2.05) is 74.5 Å². The first kappa shape index (κ1) is 14.3. The van der Waals surface area contributed by atoms with Crippen LogP contribution in [0.3, 0.4) is 0 Å². The van der Waals surface area contributed by atoms with E-state index in [-0.39, 0.29) is 11.8 Å². The summed E-state index contributed by atoms with van der Waals surface area (Å²) in [5.74, 6) is 0.0157. The summed E-state index contributed by atoms with van der Waals surface area (Å²) in [5, 5.41) is 3.19. The van der Waals surface area contributed by atoms with Crippen LogP contribution < -0.4 is 5.32 Å². The molecule has 0 saturated heterocycles. The molecule has 2 nitrogen and oxygen atoms in total. The molecule has 0 saturated carbocycles. The standard InChI is InChI=1S/C18H21NO/c1-14(2)17(20)19-18(3,15-10-6-4-7-11-15)16-12-8-5-9-13-16/h4-14H,1-3H3,(H,19,20). The van der Waals surface area contributed by atoms with Crippen molar-refractivity contribution in [3.63, 3.8) is 0 Å². The fourth-order valence-electron chi connectivity index (χ4n) is 2.24. The van der Waals surface area contributed by atoms with Gasteiger partial charge in [0.2, 0.25) is 5.91 Å². The zero-order valence-electron chi connectivity index (χ0n) is 12.3. The minimum atomic E-state index is -0.510. The van der Waals surface area contributed by atoms with Gasteiger partial charge in [-0.05, 0) is 18.1 Å². The van der Waals surface area contributed by atoms with Crippen LogP contribution in [0.1, 0.15) is 31.9 Å². The molecule has 2 heteroatoms. The SMILES string of the molecule is CC(C)C(=O)NC(C)(c1ccccc1)c1ccccc1. The van der Waals surface area contributed by atoms with Crippen LogP contribution in [0.25, 0.3) is 0 Å². The zero-order valence-corrected chi connectivity index (χ0v) is 12.3. The quantitative estimate of drug-likeness (QED) is 0.898. The highest BCUT2D eigenvalue weighted by Gasteiger charge is 2.31. The summed E-state index contributed by atoms with van der Waals surface area (Å²) in [4.78, 5) is 12.2. The van der Waals surface area contributed by atoms with Gasteiger partial charge in [-0.3, -0.25) is 4.79 Å². The molecule has 0 heterocycles. The molecule has 2 aromatic carbocycles. The van der Waals surface area contributed by atoms with Crippen molar-refractivity contribution in [1.82, 2.24) is 5.32 Å². The average Bonchev–Trinajstić information content (AvgIpc) is 2.48. The molecule has 104 valence electrons. The molecule has 0 spiro atoms. The molecule has 0 fully saturated rings. The van der Waals surface area contributed by atoms with Crippen LogP contribution in [0.4, 0.5) is 0 Å². The maximum Gasteiger partial charge on any atom is 0.223 e. The number of amides is 1. The van der Waals surface area contributed by atoms with E-state index in [1.165, 1.54) is 0 Å². The molecule has 1 N–H and O–H groups in total. The fraction of sp³-hybridized carbons (Fsp3) is 0.278. The maximum absolute atomic E-state index is 12.2. The van der Waals surface area contributed by atoms with Crippen LogP contribution in [0.2, 0.25) is 0 Å². The van der Waals surface area contributed by atoms with Crippen molar-refractivity contribution in [1.29, 1.82) is 0 Å². The third-order valence-corrected chi connectivity index (χ3v) is 3.60. The van der Waals surface area contributed by atoms with Crippen LogP contribution >= 0.6 is 0 Å². The van der Waals surface area contributed by atoms with E-state index in [2.05, 4.69) is 12.2 Å². The van der Waals surface area contributed by atoms with Gasteiger partial charge in [0.25, 0.3) is 0 Å². The molecule has 0 bridgehead atoms. The van der Waals surface area contributed by atoms with Gasteiger partial charge in [0, 0.05) is 5.92 Å². The summed E-state index contributed by atoms with van der Waals surface area (Å²) in [6, 6.07) is 20.2. The Morgan fingerprint density at radius 2 is 1.30 bits per heavy atom. The minimum absolute atomic E-state index is 0.0400. The summed E-state index contributed by atoms with van der Waals surface area (Å²) in [6.45, 7) is 5.87. The highest BCUT2D eigenvalue weighted by Crippen LogP contribution is 2.29. The van der Waals surface area contributed by atoms with Crippen molar-refractivity contribution in [3.05, 3.63) is 71.8 Å². The van der Waals surface area contributed by atoms with Crippen LogP contribution in [0.15, 0.2) is 60.7 Å². The Morgan fingerprint density at radius 3 is 1.65 bits per heavy atom. The van der Waals surface area contributed by atoms with Gasteiger partial charge in [-0.2, -0.15) is 0 Å². The Hall–Kier alpha value is -2.09. The minimum Gasteiger partial charge on any atom is -0.343 e. The second-order valence-corrected chi connectivity index (χ2v) is 5.50. The van der Waals surface area contributed by atoms with Crippen molar-refractivity contribution < 1.29 is 4.79 Å². The normalized spacial score (nSPS) is 11.4. The molecular weight excluding hydrogens is 246 g/mol. The van der Waals surface area contributed by atoms with Gasteiger partial charge >= 0.3 is 0 Å². The van der Waals surface area contributed by atoms with E-state index in [1.54, 1.807) is 0 Å². The summed E-state index contributed by atoms with van der Waals surface area (Å²) in [6.07, 6.45) is 0. The summed E-state index contributed by atoms with van der Waals surface area (Å²) < 4.78 is 0. The van der Waals surface area contributed by atoms with Crippen molar-refractivity contribution in [3.8, 4) is 0 Å². The highest BCUT2D eigenvalue weighted by molar-refractivity contribution is 5.79. The Kier molecular flexibility index (Phi) is 4.23. The van der Waals surface area contributed by atoms with E-state index in [4.69, 9.17) is 0 Å². The van der Waals surface area contributed by atoms with Crippen molar-refractivity contribution in [2.75, 3.05) is 0 Å². The van der Waals surface area contributed by atoms with Gasteiger partial charge in [-0.25, -0.2) is 0 Å². The number of carbonyl (C=O) groups is 1. The molecule has 1 amide bonds. The number of hydrogen-bond donors (Lipinski definition) is 1. The second kappa shape index (κ2) is 5.91. The highest BCUT2D eigenvalue weighted by atomic mass is 16.2. The van der Waals surface area contributed by atoms with Crippen LogP contribution in [0.5, 0.6) is 0 Å². The number of hydrogen-bond acceptors (Lipinski definition) is 1. The number of nitrogens with one attached hydrogen (secondary N) is 1. The molecule has 0 aliphatic carbocycles. The van der Waals surface area contributed by atoms with E-state index >= 15 is 0 Å². The third-order valence-electron chi connectivity index (χ3n) is 3.60. The lowest BCUT2D eigenvalue weighted by Crippen LogP contribution is -2.46. The average molecular weight is 267 g/mol. The monoisotopic (exact) mass is 267 g/mol. The van der Waals surface area contributed by atoms with Gasteiger partial charge in [-0.15, -0.1) is 0 Å². The van der Waals surface area contributed by atoms with E-state index in [0.717, 1.165) is 11.1 Å². The predicted molar refractivity (Wildman–Crippen MR) is 82.3 cm³/mol. The first-order valence-corrected chi connectivity index (χ1v) is 6.97. The first-order valence-electron chi connectivity index (χ1n) is 6.97. The Bertz CT molecular complexity index is 521. The molecule has 0 aliphatic heterocycles. The van der Waals surface area contributed by atoms with Gasteiger partial charge < -0.3 is 5.32 Å². The fourth-order valence-corrected chi connectivity index (χ4v) is 2.24. The summed E-state index contributed by atoms with van der Waals surface area (Å²) >= 11 is 0. The van der Waals surface area contributed by atoms with Gasteiger partial charge in [0.1, 0.15) is 0 Å². The lowest BCUT2D eigenvalue weighted by molar-refractivity contribution is -0.125. The Morgan fingerprint density at radius 1 is 0.900 bits per heavy atom. The van der Waals surface area contributed by atoms with Crippen molar-refractivity contribution >= 4 is 5.91 Å². The van der Waals surface area contributed by atoms with E-state index < -0.39 is 5.54 Å². The van der Waals surface area contributed by atoms with Crippen LogP contribution in [0, 0.1) is 5.92 Å². The van der Waals surface area contributed by atoms with Gasteiger partial charge in [0.05, 0.1) is 5.54 Å². The smallest absolute Gasteiger partial charge is 0.223 e. The van der Waals surface area contributed by atoms with E-state index in [0.29, 0.717) is 0 Å². The molecule has 0 aromatic heterocycles. The number of benzene rings is 2.